The van der Waals surface area contributed by atoms with E-state index < -0.39 is 5.38 Å². The lowest BCUT2D eigenvalue weighted by atomic mass is 10.1. The molecule has 0 amide bonds. The molecule has 1 aromatic rings. The molecule has 0 atom stereocenters. The maximum atomic E-state index is 13.2. The first-order valence-electron chi connectivity index (χ1n) is 7.84. The Bertz CT molecular complexity index is 391. The van der Waals surface area contributed by atoms with Gasteiger partial charge in [-0.2, -0.15) is 8.78 Å². The van der Waals surface area contributed by atoms with Crippen LogP contribution in [0.15, 0.2) is 24.3 Å². The fourth-order valence-corrected chi connectivity index (χ4v) is 2.40. The third-order valence-electron chi connectivity index (χ3n) is 3.45. The smallest absolute Gasteiger partial charge is 0.351 e. The van der Waals surface area contributed by atoms with Gasteiger partial charge < -0.3 is 4.74 Å². The molecule has 0 aliphatic rings. The van der Waals surface area contributed by atoms with Crippen LogP contribution in [0.4, 0.5) is 8.78 Å². The number of alkyl halides is 3. The van der Waals surface area contributed by atoms with Gasteiger partial charge in [-0.3, -0.25) is 0 Å². The van der Waals surface area contributed by atoms with Gasteiger partial charge in [-0.1, -0.05) is 64.0 Å². The highest BCUT2D eigenvalue weighted by molar-refractivity contribution is 6.22. The maximum Gasteiger partial charge on any atom is 0.351 e. The van der Waals surface area contributed by atoms with Crippen molar-refractivity contribution in [2.45, 2.75) is 63.7 Å². The highest BCUT2D eigenvalue weighted by atomic mass is 35.5. The molecule has 1 rings (SSSR count). The molecule has 0 fully saturated rings. The number of hydrogen-bond donors (Lipinski definition) is 0. The van der Waals surface area contributed by atoms with Crippen LogP contribution in [0.1, 0.15) is 63.9 Å². The van der Waals surface area contributed by atoms with Gasteiger partial charge in [-0.15, -0.1) is 0 Å². The Morgan fingerprint density at radius 1 is 0.952 bits per heavy atom. The van der Waals surface area contributed by atoms with Gasteiger partial charge in [0.05, 0.1) is 12.2 Å². The van der Waals surface area contributed by atoms with E-state index in [4.69, 9.17) is 16.3 Å². The minimum Gasteiger partial charge on any atom is -0.493 e. The third kappa shape index (κ3) is 7.66. The van der Waals surface area contributed by atoms with Gasteiger partial charge in [-0.05, 0) is 30.2 Å². The van der Waals surface area contributed by atoms with Gasteiger partial charge in [0.1, 0.15) is 5.75 Å². The molecule has 4 heteroatoms. The molecule has 0 unspecified atom stereocenters. The fraction of sp³-hybridized carbons (Fsp3) is 0.647. The summed E-state index contributed by atoms with van der Waals surface area (Å²) in [5, 5.41) is -3.38. The van der Waals surface area contributed by atoms with Crippen molar-refractivity contribution in [3.05, 3.63) is 29.8 Å². The molecule has 21 heavy (non-hydrogen) atoms. The van der Waals surface area contributed by atoms with E-state index in [2.05, 4.69) is 6.92 Å². The molecule has 120 valence electrons. The van der Waals surface area contributed by atoms with E-state index >= 15 is 0 Å². The first-order chi connectivity index (χ1) is 10.1. The molecule has 0 heterocycles. The molecule has 0 bridgehead atoms. The molecule has 0 saturated heterocycles. The second-order valence-electron chi connectivity index (χ2n) is 5.32. The second kappa shape index (κ2) is 9.99. The summed E-state index contributed by atoms with van der Waals surface area (Å²) in [5.41, 5.74) is -0.258. The average molecular weight is 319 g/mol. The first-order valence-corrected chi connectivity index (χ1v) is 8.22. The monoisotopic (exact) mass is 318 g/mol. The number of unbranched alkanes of at least 4 members (excludes halogenated alkanes) is 7. The van der Waals surface area contributed by atoms with Crippen molar-refractivity contribution in [2.24, 2.45) is 0 Å². The van der Waals surface area contributed by atoms with E-state index in [9.17, 15) is 8.78 Å². The molecule has 0 aliphatic heterocycles. The Morgan fingerprint density at radius 3 is 2.14 bits per heavy atom. The Labute approximate surface area is 131 Å². The number of ether oxygens (including phenoxy) is 1. The number of hydrogen-bond acceptors (Lipinski definition) is 1. The number of rotatable bonds is 11. The Balaban J connectivity index is 2.19. The number of benzene rings is 1. The van der Waals surface area contributed by atoms with Crippen LogP contribution in [-0.2, 0) is 5.38 Å². The van der Waals surface area contributed by atoms with Crippen molar-refractivity contribution in [2.75, 3.05) is 6.61 Å². The Morgan fingerprint density at radius 2 is 1.52 bits per heavy atom. The summed E-state index contributed by atoms with van der Waals surface area (Å²) in [5.74, 6) is 0.181. The molecule has 0 spiro atoms. The van der Waals surface area contributed by atoms with E-state index in [1.54, 1.807) is 6.07 Å². The van der Waals surface area contributed by atoms with Gasteiger partial charge in [0.25, 0.3) is 0 Å². The van der Waals surface area contributed by atoms with Crippen molar-refractivity contribution in [1.82, 2.24) is 0 Å². The predicted octanol–water partition coefficient (Wildman–Crippen LogP) is 6.49. The van der Waals surface area contributed by atoms with Crippen molar-refractivity contribution >= 4 is 11.6 Å². The van der Waals surface area contributed by atoms with E-state index in [0.29, 0.717) is 6.61 Å². The highest BCUT2D eigenvalue weighted by Crippen LogP contribution is 2.38. The van der Waals surface area contributed by atoms with Crippen molar-refractivity contribution in [3.63, 3.8) is 0 Å². The van der Waals surface area contributed by atoms with Crippen LogP contribution in [0.5, 0.6) is 5.75 Å². The molecule has 0 aliphatic carbocycles. The standard InChI is InChI=1S/C17H25ClF2O/c1-2-3-4-5-6-7-8-11-14-21-16-13-10-9-12-15(16)17(18,19)20/h9-10,12-13H,2-8,11,14H2,1H3. The summed E-state index contributed by atoms with van der Waals surface area (Å²) in [6, 6.07) is 6.05. The topological polar surface area (TPSA) is 9.23 Å². The molecule has 0 saturated carbocycles. The lowest BCUT2D eigenvalue weighted by Gasteiger charge is -2.14. The van der Waals surface area contributed by atoms with Gasteiger partial charge in [0, 0.05) is 0 Å². The summed E-state index contributed by atoms with van der Waals surface area (Å²) < 4.78 is 31.8. The van der Waals surface area contributed by atoms with E-state index in [1.165, 1.54) is 56.7 Å². The molecule has 0 N–H and O–H groups in total. The summed E-state index contributed by atoms with van der Waals surface area (Å²) in [6.45, 7) is 2.67. The fourth-order valence-electron chi connectivity index (χ4n) is 2.24. The summed E-state index contributed by atoms with van der Waals surface area (Å²) in [4.78, 5) is 0. The quantitative estimate of drug-likeness (QED) is 0.334. The van der Waals surface area contributed by atoms with Crippen LogP contribution in [-0.4, -0.2) is 6.61 Å². The largest absolute Gasteiger partial charge is 0.493 e. The zero-order valence-electron chi connectivity index (χ0n) is 12.7. The molecule has 0 radical (unpaired) electrons. The van der Waals surface area contributed by atoms with Crippen LogP contribution in [0, 0.1) is 0 Å². The van der Waals surface area contributed by atoms with Crippen molar-refractivity contribution in [1.29, 1.82) is 0 Å². The zero-order valence-corrected chi connectivity index (χ0v) is 13.5. The predicted molar refractivity (Wildman–Crippen MR) is 84.3 cm³/mol. The normalized spacial score (nSPS) is 11.6. The Kier molecular flexibility index (Phi) is 8.67. The molecule has 1 nitrogen and oxygen atoms in total. The van der Waals surface area contributed by atoms with Gasteiger partial charge in [-0.25, -0.2) is 0 Å². The zero-order chi connectivity index (χ0) is 15.6. The van der Waals surface area contributed by atoms with Gasteiger partial charge in [0.15, 0.2) is 0 Å². The van der Waals surface area contributed by atoms with Gasteiger partial charge in [0.2, 0.25) is 0 Å². The lowest BCUT2D eigenvalue weighted by molar-refractivity contribution is 0.0905. The number of para-hydroxylation sites is 1. The minimum atomic E-state index is -3.38. The van der Waals surface area contributed by atoms with E-state index in [0.717, 1.165) is 12.8 Å². The van der Waals surface area contributed by atoms with Crippen LogP contribution >= 0.6 is 11.6 Å². The summed E-state index contributed by atoms with van der Waals surface area (Å²) in [6.07, 6.45) is 9.56. The second-order valence-corrected chi connectivity index (χ2v) is 5.79. The molecular formula is C17H25ClF2O. The van der Waals surface area contributed by atoms with Gasteiger partial charge >= 0.3 is 5.38 Å². The molecule has 1 aromatic carbocycles. The molecule has 0 aromatic heterocycles. The number of halogens is 3. The Hall–Kier alpha value is -0.830. The summed E-state index contributed by atoms with van der Waals surface area (Å²) in [7, 11) is 0. The van der Waals surface area contributed by atoms with Crippen LogP contribution < -0.4 is 4.74 Å². The van der Waals surface area contributed by atoms with E-state index in [-0.39, 0.29) is 11.3 Å². The first kappa shape index (κ1) is 18.2. The van der Waals surface area contributed by atoms with Crippen molar-refractivity contribution < 1.29 is 13.5 Å². The highest BCUT2D eigenvalue weighted by Gasteiger charge is 2.31. The average Bonchev–Trinajstić information content (AvgIpc) is 2.45. The van der Waals surface area contributed by atoms with Crippen molar-refractivity contribution in [3.8, 4) is 5.75 Å². The lowest BCUT2D eigenvalue weighted by Crippen LogP contribution is -2.08. The summed E-state index contributed by atoms with van der Waals surface area (Å²) >= 11 is 5.07. The SMILES string of the molecule is CCCCCCCCCCOc1ccccc1C(F)(F)Cl. The van der Waals surface area contributed by atoms with Crippen LogP contribution in [0.2, 0.25) is 0 Å². The minimum absolute atomic E-state index is 0.181. The van der Waals surface area contributed by atoms with E-state index in [1.807, 2.05) is 0 Å². The molecular weight excluding hydrogens is 294 g/mol. The maximum absolute atomic E-state index is 13.2. The third-order valence-corrected chi connectivity index (χ3v) is 3.65. The van der Waals surface area contributed by atoms with Crippen LogP contribution in [0.3, 0.4) is 0 Å². The van der Waals surface area contributed by atoms with Crippen LogP contribution in [0.25, 0.3) is 0 Å².